The number of carboxylic acid groups (broad SMARTS) is 1. The summed E-state index contributed by atoms with van der Waals surface area (Å²) >= 11 is 0. The molecule has 130 valence electrons. The Bertz CT molecular complexity index is 797. The summed E-state index contributed by atoms with van der Waals surface area (Å²) in [6.07, 6.45) is -1.03. The Balaban J connectivity index is 2.17. The number of nitrogens with zero attached hydrogens (tertiary/aromatic N) is 1. The molecule has 0 heterocycles. The highest BCUT2D eigenvalue weighted by atomic mass is 19.3. The van der Waals surface area contributed by atoms with Crippen molar-refractivity contribution in [3.8, 4) is 5.75 Å². The second-order valence-electron chi connectivity index (χ2n) is 4.88. The highest BCUT2D eigenvalue weighted by Crippen LogP contribution is 2.18. The summed E-state index contributed by atoms with van der Waals surface area (Å²) in [4.78, 5) is 15.9. The predicted octanol–water partition coefficient (Wildman–Crippen LogP) is 3.94. The van der Waals surface area contributed by atoms with E-state index in [0.29, 0.717) is 22.4 Å². The predicted molar refractivity (Wildman–Crippen MR) is 88.6 cm³/mol. The topological polar surface area (TPSA) is 68.1 Å². The fourth-order valence-electron chi connectivity index (χ4n) is 2.12. The third-order valence-electron chi connectivity index (χ3n) is 3.21. The van der Waals surface area contributed by atoms with E-state index in [2.05, 4.69) is 9.99 Å². The zero-order valence-electron chi connectivity index (χ0n) is 13.3. The number of halogens is 2. The number of ether oxygens (including phenoxy) is 1. The Kier molecular flexibility index (Phi) is 6.22. The summed E-state index contributed by atoms with van der Waals surface area (Å²) in [5.74, 6) is -0.759. The maximum Gasteiger partial charge on any atom is 0.358 e. The summed E-state index contributed by atoms with van der Waals surface area (Å²) in [7, 11) is 1.26. The van der Waals surface area contributed by atoms with Crippen molar-refractivity contribution >= 4 is 17.8 Å². The van der Waals surface area contributed by atoms with Gasteiger partial charge in [0.05, 0.1) is 0 Å². The molecule has 0 bridgehead atoms. The Morgan fingerprint density at radius 1 is 1.16 bits per heavy atom. The lowest BCUT2D eigenvalue weighted by atomic mass is 10.0. The van der Waals surface area contributed by atoms with Crippen LogP contribution in [0.25, 0.3) is 6.08 Å². The number of carboxylic acids is 1. The van der Waals surface area contributed by atoms with Crippen LogP contribution in [-0.4, -0.2) is 23.9 Å². The van der Waals surface area contributed by atoms with E-state index < -0.39 is 12.0 Å². The van der Waals surface area contributed by atoms with Gasteiger partial charge in [-0.05, 0) is 23.3 Å². The van der Waals surface area contributed by atoms with E-state index in [9.17, 15) is 18.7 Å². The van der Waals surface area contributed by atoms with Gasteiger partial charge in [-0.25, -0.2) is 4.79 Å². The van der Waals surface area contributed by atoms with E-state index >= 15 is 0 Å². The molecular formula is C18H15F2NO4. The van der Waals surface area contributed by atoms with Crippen LogP contribution < -0.4 is 4.74 Å². The Morgan fingerprint density at radius 3 is 2.44 bits per heavy atom. The lowest BCUT2D eigenvalue weighted by Gasteiger charge is -2.11. The van der Waals surface area contributed by atoms with Gasteiger partial charge in [0.25, 0.3) is 6.08 Å². The molecule has 0 atom stereocenters. The normalized spacial score (nSPS) is 10.9. The second-order valence-corrected chi connectivity index (χ2v) is 4.88. The number of rotatable bonds is 7. The average molecular weight is 347 g/mol. The first-order valence-electron chi connectivity index (χ1n) is 7.19. The molecule has 0 aromatic heterocycles. The summed E-state index contributed by atoms with van der Waals surface area (Å²) in [5.41, 5.74) is 1.09. The Morgan fingerprint density at radius 2 is 1.84 bits per heavy atom. The molecule has 2 aromatic rings. The first-order chi connectivity index (χ1) is 12.0. The van der Waals surface area contributed by atoms with Gasteiger partial charge < -0.3 is 14.7 Å². The van der Waals surface area contributed by atoms with E-state index in [4.69, 9.17) is 4.74 Å². The number of hydrogen-bond donors (Lipinski definition) is 1. The van der Waals surface area contributed by atoms with Crippen LogP contribution in [0.2, 0.25) is 0 Å². The average Bonchev–Trinajstić information content (AvgIpc) is 2.59. The molecule has 0 radical (unpaired) electrons. The minimum Gasteiger partial charge on any atom is -0.489 e. The fourth-order valence-corrected chi connectivity index (χ4v) is 2.12. The monoisotopic (exact) mass is 347 g/mol. The molecule has 25 heavy (non-hydrogen) atoms. The van der Waals surface area contributed by atoms with E-state index in [0.717, 1.165) is 6.08 Å². The summed E-state index contributed by atoms with van der Waals surface area (Å²) in [6, 6.07) is 12.8. The summed E-state index contributed by atoms with van der Waals surface area (Å²) in [6.45, 7) is 0.0822. The van der Waals surface area contributed by atoms with E-state index in [1.54, 1.807) is 36.4 Å². The molecule has 0 aliphatic carbocycles. The maximum absolute atomic E-state index is 12.2. The van der Waals surface area contributed by atoms with E-state index in [1.165, 1.54) is 19.2 Å². The number of benzene rings is 2. The van der Waals surface area contributed by atoms with Crippen LogP contribution in [-0.2, 0) is 16.2 Å². The summed E-state index contributed by atoms with van der Waals surface area (Å²) in [5, 5.41) is 12.8. The Hall–Kier alpha value is -3.22. The lowest BCUT2D eigenvalue weighted by molar-refractivity contribution is -0.129. The van der Waals surface area contributed by atoms with Crippen LogP contribution in [0.4, 0.5) is 8.78 Å². The SMILES string of the molecule is CON=C(C(=O)O)c1ccccc1COc1ccc(C=C(F)F)cc1. The van der Waals surface area contributed by atoms with Gasteiger partial charge in [-0.3, -0.25) is 0 Å². The highest BCUT2D eigenvalue weighted by Gasteiger charge is 2.17. The molecule has 0 spiro atoms. The lowest BCUT2D eigenvalue weighted by Crippen LogP contribution is -2.17. The van der Waals surface area contributed by atoms with Crippen LogP contribution in [0.3, 0.4) is 0 Å². The molecule has 0 saturated heterocycles. The zero-order chi connectivity index (χ0) is 18.2. The number of oxime groups is 1. The maximum atomic E-state index is 12.2. The Labute approximate surface area is 142 Å². The number of aliphatic carboxylic acids is 1. The van der Waals surface area contributed by atoms with Gasteiger partial charge in [0.1, 0.15) is 19.5 Å². The molecule has 7 heteroatoms. The van der Waals surface area contributed by atoms with Crippen LogP contribution >= 0.6 is 0 Å². The number of hydrogen-bond acceptors (Lipinski definition) is 4. The highest BCUT2D eigenvalue weighted by molar-refractivity contribution is 6.42. The molecule has 2 rings (SSSR count). The molecule has 1 N–H and O–H groups in total. The van der Waals surface area contributed by atoms with Crippen molar-refractivity contribution in [3.05, 3.63) is 71.3 Å². The van der Waals surface area contributed by atoms with Crippen molar-refractivity contribution in [3.63, 3.8) is 0 Å². The van der Waals surface area contributed by atoms with Gasteiger partial charge in [0.15, 0.2) is 5.71 Å². The van der Waals surface area contributed by atoms with Gasteiger partial charge in [0, 0.05) is 11.6 Å². The molecule has 5 nitrogen and oxygen atoms in total. The van der Waals surface area contributed by atoms with Gasteiger partial charge in [0.2, 0.25) is 0 Å². The first kappa shape index (κ1) is 18.1. The third-order valence-corrected chi connectivity index (χ3v) is 3.21. The van der Waals surface area contributed by atoms with Crippen molar-refractivity contribution < 1.29 is 28.3 Å². The van der Waals surface area contributed by atoms with Crippen LogP contribution in [0.1, 0.15) is 16.7 Å². The largest absolute Gasteiger partial charge is 0.489 e. The number of carbonyl (C=O) groups is 1. The van der Waals surface area contributed by atoms with Gasteiger partial charge in [-0.1, -0.05) is 41.6 Å². The zero-order valence-corrected chi connectivity index (χ0v) is 13.3. The molecule has 0 saturated carbocycles. The van der Waals surface area contributed by atoms with Gasteiger partial charge >= 0.3 is 5.97 Å². The van der Waals surface area contributed by atoms with E-state index in [-0.39, 0.29) is 12.3 Å². The molecule has 2 aromatic carbocycles. The third kappa shape index (κ3) is 5.13. The fraction of sp³-hybridized carbons (Fsp3) is 0.111. The van der Waals surface area contributed by atoms with Crippen LogP contribution in [0, 0.1) is 0 Å². The molecule has 0 amide bonds. The van der Waals surface area contributed by atoms with Crippen molar-refractivity contribution in [2.75, 3.05) is 7.11 Å². The second kappa shape index (κ2) is 8.58. The van der Waals surface area contributed by atoms with Crippen LogP contribution in [0.5, 0.6) is 5.75 Å². The smallest absolute Gasteiger partial charge is 0.358 e. The summed E-state index contributed by atoms with van der Waals surface area (Å²) < 4.78 is 30.0. The van der Waals surface area contributed by atoms with Crippen molar-refractivity contribution in [1.82, 2.24) is 0 Å². The van der Waals surface area contributed by atoms with Crippen molar-refractivity contribution in [1.29, 1.82) is 0 Å². The van der Waals surface area contributed by atoms with Crippen LogP contribution in [0.15, 0.2) is 59.8 Å². The first-order valence-corrected chi connectivity index (χ1v) is 7.19. The molecule has 0 unspecified atom stereocenters. The standard InChI is InChI=1S/C18H15F2NO4/c1-24-21-17(18(22)23)15-5-3-2-4-13(15)11-25-14-8-6-12(7-9-14)10-16(19)20/h2-10H,11H2,1H3,(H,22,23). The van der Waals surface area contributed by atoms with Crippen molar-refractivity contribution in [2.45, 2.75) is 6.61 Å². The molecule has 0 fully saturated rings. The van der Waals surface area contributed by atoms with E-state index in [1.807, 2.05) is 0 Å². The minimum absolute atomic E-state index is 0.0822. The van der Waals surface area contributed by atoms with Crippen molar-refractivity contribution in [2.24, 2.45) is 5.16 Å². The quantitative estimate of drug-likeness (QED) is 0.608. The molecule has 0 aliphatic heterocycles. The van der Waals surface area contributed by atoms with Gasteiger partial charge in [-0.2, -0.15) is 8.78 Å². The minimum atomic E-state index is -1.78. The molecule has 0 aliphatic rings. The van der Waals surface area contributed by atoms with Gasteiger partial charge in [-0.15, -0.1) is 0 Å². The molecular weight excluding hydrogens is 332 g/mol.